The number of rotatable bonds is 1. The third kappa shape index (κ3) is 2.07. The molecule has 16 heavy (non-hydrogen) atoms. The predicted molar refractivity (Wildman–Crippen MR) is 67.5 cm³/mol. The molecule has 2 aromatic rings. The van der Waals surface area contributed by atoms with Crippen molar-refractivity contribution < 1.29 is 0 Å². The second kappa shape index (κ2) is 4.22. The van der Waals surface area contributed by atoms with Crippen LogP contribution in [0.15, 0.2) is 33.5 Å². The molecule has 0 aliphatic carbocycles. The van der Waals surface area contributed by atoms with Gasteiger partial charge in [-0.2, -0.15) is 4.98 Å². The molecule has 0 atom stereocenters. The Labute approximate surface area is 102 Å². The fourth-order valence-electron chi connectivity index (χ4n) is 1.56. The zero-order chi connectivity index (χ0) is 11.7. The summed E-state index contributed by atoms with van der Waals surface area (Å²) in [6, 6.07) is 7.77. The van der Waals surface area contributed by atoms with E-state index in [1.807, 2.05) is 38.1 Å². The summed E-state index contributed by atoms with van der Waals surface area (Å²) in [6.45, 7) is 3.83. The molecule has 2 rings (SSSR count). The van der Waals surface area contributed by atoms with Gasteiger partial charge in [0.1, 0.15) is 0 Å². The van der Waals surface area contributed by atoms with Crippen molar-refractivity contribution in [3.8, 4) is 11.3 Å². The first-order valence-corrected chi connectivity index (χ1v) is 5.70. The molecule has 0 saturated heterocycles. The number of benzene rings is 1. The lowest BCUT2D eigenvalue weighted by molar-refractivity contribution is 1.00. The van der Waals surface area contributed by atoms with Gasteiger partial charge in [-0.05, 0) is 31.5 Å². The number of hydrogen-bond donors (Lipinski definition) is 1. The molecular weight excluding hydrogens is 268 g/mol. The number of H-pyrrole nitrogens is 1. The van der Waals surface area contributed by atoms with Crippen LogP contribution in [0.4, 0.5) is 0 Å². The topological polar surface area (TPSA) is 45.8 Å². The summed E-state index contributed by atoms with van der Waals surface area (Å²) in [7, 11) is 0. The Balaban J connectivity index is 2.69. The number of nitrogens with zero attached hydrogens (tertiary/aromatic N) is 1. The normalized spacial score (nSPS) is 10.4. The van der Waals surface area contributed by atoms with Crippen molar-refractivity contribution in [1.82, 2.24) is 9.97 Å². The number of aryl methyl sites for hydroxylation is 1. The van der Waals surface area contributed by atoms with Crippen molar-refractivity contribution in [3.05, 3.63) is 50.5 Å². The van der Waals surface area contributed by atoms with Gasteiger partial charge in [0.05, 0.1) is 5.69 Å². The Kier molecular flexibility index (Phi) is 2.92. The van der Waals surface area contributed by atoms with Crippen LogP contribution >= 0.6 is 15.9 Å². The average molecular weight is 279 g/mol. The van der Waals surface area contributed by atoms with E-state index in [2.05, 4.69) is 25.9 Å². The zero-order valence-electron chi connectivity index (χ0n) is 9.04. The highest BCUT2D eigenvalue weighted by Gasteiger charge is 2.07. The fourth-order valence-corrected chi connectivity index (χ4v) is 1.96. The van der Waals surface area contributed by atoms with Gasteiger partial charge < -0.3 is 4.98 Å². The third-order valence-electron chi connectivity index (χ3n) is 2.52. The number of nitrogens with one attached hydrogen (secondary N) is 1. The van der Waals surface area contributed by atoms with E-state index in [0.717, 1.165) is 27.0 Å². The largest absolute Gasteiger partial charge is 0.345 e. The molecule has 0 spiro atoms. The third-order valence-corrected chi connectivity index (χ3v) is 3.02. The molecular formula is C12H11BrN2O. The van der Waals surface area contributed by atoms with Crippen molar-refractivity contribution >= 4 is 15.9 Å². The number of aromatic amines is 1. The van der Waals surface area contributed by atoms with E-state index < -0.39 is 0 Å². The highest BCUT2D eigenvalue weighted by atomic mass is 79.9. The van der Waals surface area contributed by atoms with Gasteiger partial charge in [-0.3, -0.25) is 0 Å². The lowest BCUT2D eigenvalue weighted by Crippen LogP contribution is -2.14. The maximum atomic E-state index is 11.3. The minimum absolute atomic E-state index is 0.307. The van der Waals surface area contributed by atoms with E-state index in [4.69, 9.17) is 0 Å². The van der Waals surface area contributed by atoms with Crippen LogP contribution in [0.1, 0.15) is 11.3 Å². The van der Waals surface area contributed by atoms with Crippen LogP contribution in [0.5, 0.6) is 0 Å². The molecule has 0 amide bonds. The Morgan fingerprint density at radius 3 is 2.75 bits per heavy atom. The van der Waals surface area contributed by atoms with E-state index in [-0.39, 0.29) is 5.69 Å². The molecule has 0 radical (unpaired) electrons. The smallest absolute Gasteiger partial charge is 0.310 e. The molecule has 0 fully saturated rings. The van der Waals surface area contributed by atoms with Crippen LogP contribution in [0.2, 0.25) is 0 Å². The van der Waals surface area contributed by atoms with Crippen LogP contribution in [0, 0.1) is 13.8 Å². The van der Waals surface area contributed by atoms with Gasteiger partial charge >= 0.3 is 5.69 Å². The number of halogens is 1. The molecule has 0 aliphatic rings. The summed E-state index contributed by atoms with van der Waals surface area (Å²) in [4.78, 5) is 18.0. The molecule has 1 N–H and O–H groups in total. The molecule has 3 nitrogen and oxygen atoms in total. The molecule has 82 valence electrons. The van der Waals surface area contributed by atoms with Gasteiger partial charge in [0, 0.05) is 15.7 Å². The van der Waals surface area contributed by atoms with Gasteiger partial charge in [0.2, 0.25) is 0 Å². The number of hydrogen-bond acceptors (Lipinski definition) is 2. The SMILES string of the molecule is Cc1[nH]c(=O)nc(-c2cccc(Br)c2)c1C. The summed E-state index contributed by atoms with van der Waals surface area (Å²) in [5, 5.41) is 0. The maximum absolute atomic E-state index is 11.3. The Morgan fingerprint density at radius 2 is 2.06 bits per heavy atom. The van der Waals surface area contributed by atoms with Crippen molar-refractivity contribution in [1.29, 1.82) is 0 Å². The molecule has 0 saturated carbocycles. The van der Waals surface area contributed by atoms with Crippen molar-refractivity contribution in [2.45, 2.75) is 13.8 Å². The van der Waals surface area contributed by atoms with Crippen LogP contribution in [0.3, 0.4) is 0 Å². The zero-order valence-corrected chi connectivity index (χ0v) is 10.6. The second-order valence-corrected chi connectivity index (χ2v) is 4.57. The van der Waals surface area contributed by atoms with E-state index in [1.54, 1.807) is 0 Å². The first-order chi connectivity index (χ1) is 7.58. The molecule has 1 heterocycles. The quantitative estimate of drug-likeness (QED) is 0.872. The van der Waals surface area contributed by atoms with Gasteiger partial charge in [-0.1, -0.05) is 28.1 Å². The standard InChI is InChI=1S/C12H11BrN2O/c1-7-8(2)14-12(16)15-11(7)9-4-3-5-10(13)6-9/h3-6H,1-2H3,(H,14,15,16). The van der Waals surface area contributed by atoms with Crippen molar-refractivity contribution in [3.63, 3.8) is 0 Å². The molecule has 0 aliphatic heterocycles. The maximum Gasteiger partial charge on any atom is 0.345 e. The van der Waals surface area contributed by atoms with E-state index >= 15 is 0 Å². The second-order valence-electron chi connectivity index (χ2n) is 3.65. The van der Waals surface area contributed by atoms with Gasteiger partial charge in [-0.15, -0.1) is 0 Å². The van der Waals surface area contributed by atoms with Crippen LogP contribution in [-0.4, -0.2) is 9.97 Å². The summed E-state index contributed by atoms with van der Waals surface area (Å²) in [5.41, 5.74) is 3.23. The Morgan fingerprint density at radius 1 is 1.31 bits per heavy atom. The molecule has 0 unspecified atom stereocenters. The van der Waals surface area contributed by atoms with Crippen LogP contribution < -0.4 is 5.69 Å². The number of aromatic nitrogens is 2. The summed E-state index contributed by atoms with van der Waals surface area (Å²) >= 11 is 3.41. The average Bonchev–Trinajstić information content (AvgIpc) is 2.23. The molecule has 1 aromatic heterocycles. The van der Waals surface area contributed by atoms with Crippen molar-refractivity contribution in [2.75, 3.05) is 0 Å². The van der Waals surface area contributed by atoms with E-state index in [1.165, 1.54) is 0 Å². The Hall–Kier alpha value is -1.42. The van der Waals surface area contributed by atoms with Crippen LogP contribution in [-0.2, 0) is 0 Å². The minimum Gasteiger partial charge on any atom is -0.310 e. The lowest BCUT2D eigenvalue weighted by Gasteiger charge is -2.07. The molecule has 4 heteroatoms. The van der Waals surface area contributed by atoms with E-state index in [9.17, 15) is 4.79 Å². The highest BCUT2D eigenvalue weighted by molar-refractivity contribution is 9.10. The first-order valence-electron chi connectivity index (χ1n) is 4.91. The lowest BCUT2D eigenvalue weighted by atomic mass is 10.1. The van der Waals surface area contributed by atoms with Gasteiger partial charge in [0.15, 0.2) is 0 Å². The fraction of sp³-hybridized carbons (Fsp3) is 0.167. The summed E-state index contributed by atoms with van der Waals surface area (Å²) in [5.74, 6) is 0. The monoisotopic (exact) mass is 278 g/mol. The Bertz CT molecular complexity index is 590. The van der Waals surface area contributed by atoms with Gasteiger partial charge in [-0.25, -0.2) is 4.79 Å². The predicted octanol–water partition coefficient (Wildman–Crippen LogP) is 2.82. The minimum atomic E-state index is -0.307. The molecule has 0 bridgehead atoms. The highest BCUT2D eigenvalue weighted by Crippen LogP contribution is 2.23. The summed E-state index contributed by atoms with van der Waals surface area (Å²) < 4.78 is 0.976. The van der Waals surface area contributed by atoms with Crippen LogP contribution in [0.25, 0.3) is 11.3 Å². The van der Waals surface area contributed by atoms with E-state index in [0.29, 0.717) is 0 Å². The first kappa shape index (κ1) is 11.1. The summed E-state index contributed by atoms with van der Waals surface area (Å²) in [6.07, 6.45) is 0. The molecule has 1 aromatic carbocycles. The van der Waals surface area contributed by atoms with Gasteiger partial charge in [0.25, 0.3) is 0 Å². The van der Waals surface area contributed by atoms with Crippen molar-refractivity contribution in [2.24, 2.45) is 0 Å².